The Bertz CT molecular complexity index is 598. The molecule has 0 aliphatic carbocycles. The minimum atomic E-state index is 0.0640. The highest BCUT2D eigenvalue weighted by atomic mass is 16.5. The quantitative estimate of drug-likeness (QED) is 0.898. The summed E-state index contributed by atoms with van der Waals surface area (Å²) in [6.07, 6.45) is 2.20. The normalized spacial score (nSPS) is 19.5. The number of rotatable bonds is 3. The predicted molar refractivity (Wildman–Crippen MR) is 105 cm³/mol. The van der Waals surface area contributed by atoms with E-state index < -0.39 is 0 Å². The number of nitrogens with one attached hydrogen (secondary N) is 1. The highest BCUT2D eigenvalue weighted by Gasteiger charge is 2.30. The van der Waals surface area contributed by atoms with E-state index in [0.717, 1.165) is 52.2 Å². The Hall–Kier alpha value is -1.75. The smallest absolute Gasteiger partial charge is 0.317 e. The number of piperidine rings is 1. The number of carbonyl (C=O) groups excluding carboxylic acids is 1. The van der Waals surface area contributed by atoms with Gasteiger partial charge in [-0.05, 0) is 35.8 Å². The third kappa shape index (κ3) is 4.70. The fourth-order valence-electron chi connectivity index (χ4n) is 4.00. The van der Waals surface area contributed by atoms with Gasteiger partial charge in [0.05, 0.1) is 13.2 Å². The number of anilines is 1. The molecule has 2 heterocycles. The molecule has 144 valence electrons. The third-order valence-electron chi connectivity index (χ3n) is 5.78. The van der Waals surface area contributed by atoms with Gasteiger partial charge in [0.25, 0.3) is 0 Å². The number of urea groups is 1. The number of amides is 2. The maximum absolute atomic E-state index is 12.6. The van der Waals surface area contributed by atoms with Crippen LogP contribution < -0.4 is 10.2 Å². The Balaban J connectivity index is 1.54. The Kier molecular flexibility index (Phi) is 6.07. The number of carbonyl (C=O) groups is 1. The fourth-order valence-corrected chi connectivity index (χ4v) is 4.00. The second-order valence-electron chi connectivity index (χ2n) is 8.51. The number of likely N-dealkylation sites (tertiary alicyclic amines) is 1. The van der Waals surface area contributed by atoms with Crippen LogP contribution in [0, 0.1) is 11.3 Å². The predicted octanol–water partition coefficient (Wildman–Crippen LogP) is 3.49. The zero-order valence-electron chi connectivity index (χ0n) is 16.5. The first-order valence-electron chi connectivity index (χ1n) is 9.88. The lowest BCUT2D eigenvalue weighted by Gasteiger charge is -2.38. The molecule has 0 atom stereocenters. The number of para-hydroxylation sites is 1. The van der Waals surface area contributed by atoms with Crippen molar-refractivity contribution in [3.05, 3.63) is 29.8 Å². The van der Waals surface area contributed by atoms with Crippen molar-refractivity contribution in [2.75, 3.05) is 44.3 Å². The number of nitrogens with zero attached hydrogens (tertiary/aromatic N) is 2. The first kappa shape index (κ1) is 19.0. The van der Waals surface area contributed by atoms with Crippen molar-refractivity contribution in [2.24, 2.45) is 11.3 Å². The van der Waals surface area contributed by atoms with Gasteiger partial charge in [-0.1, -0.05) is 39.0 Å². The van der Waals surface area contributed by atoms with Gasteiger partial charge in [0.1, 0.15) is 0 Å². The van der Waals surface area contributed by atoms with E-state index in [1.807, 2.05) is 11.0 Å². The average molecular weight is 360 g/mol. The molecule has 0 unspecified atom stereocenters. The van der Waals surface area contributed by atoms with Crippen LogP contribution in [0.4, 0.5) is 10.5 Å². The largest absolute Gasteiger partial charge is 0.378 e. The molecule has 0 aromatic heterocycles. The molecule has 26 heavy (non-hydrogen) atoms. The summed E-state index contributed by atoms with van der Waals surface area (Å²) in [7, 11) is 0. The van der Waals surface area contributed by atoms with Gasteiger partial charge < -0.3 is 19.9 Å². The van der Waals surface area contributed by atoms with Crippen molar-refractivity contribution >= 4 is 11.7 Å². The van der Waals surface area contributed by atoms with Crippen molar-refractivity contribution in [3.8, 4) is 0 Å². The van der Waals surface area contributed by atoms with Crippen LogP contribution in [0.3, 0.4) is 0 Å². The SMILES string of the molecule is CC(C)(C)C1CCN(C(=O)NCc2ccccc2N2CCOCC2)CC1. The molecule has 5 heteroatoms. The Labute approximate surface area is 157 Å². The van der Waals surface area contributed by atoms with E-state index in [0.29, 0.717) is 17.9 Å². The number of ether oxygens (including phenoxy) is 1. The molecular formula is C21H33N3O2. The number of hydrogen-bond acceptors (Lipinski definition) is 3. The van der Waals surface area contributed by atoms with Crippen molar-refractivity contribution in [2.45, 2.75) is 40.2 Å². The third-order valence-corrected chi connectivity index (χ3v) is 5.78. The maximum Gasteiger partial charge on any atom is 0.317 e. The lowest BCUT2D eigenvalue weighted by Crippen LogP contribution is -2.46. The first-order chi connectivity index (χ1) is 12.4. The molecule has 1 N–H and O–H groups in total. The summed E-state index contributed by atoms with van der Waals surface area (Å²) in [4.78, 5) is 16.9. The topological polar surface area (TPSA) is 44.8 Å². The van der Waals surface area contributed by atoms with Gasteiger partial charge in [-0.15, -0.1) is 0 Å². The molecule has 0 saturated carbocycles. The number of benzene rings is 1. The maximum atomic E-state index is 12.6. The van der Waals surface area contributed by atoms with Crippen LogP contribution in [-0.4, -0.2) is 50.3 Å². The average Bonchev–Trinajstić information content (AvgIpc) is 2.66. The van der Waals surface area contributed by atoms with Crippen LogP contribution in [0.2, 0.25) is 0 Å². The molecular weight excluding hydrogens is 326 g/mol. The number of morpholine rings is 1. The highest BCUT2D eigenvalue weighted by molar-refractivity contribution is 5.74. The Morgan fingerprint density at radius 3 is 2.42 bits per heavy atom. The summed E-state index contributed by atoms with van der Waals surface area (Å²) in [5.41, 5.74) is 2.72. The molecule has 2 aliphatic heterocycles. The van der Waals surface area contributed by atoms with Crippen LogP contribution in [0.1, 0.15) is 39.2 Å². The monoisotopic (exact) mass is 359 g/mol. The van der Waals surface area contributed by atoms with E-state index in [4.69, 9.17) is 4.74 Å². The van der Waals surface area contributed by atoms with E-state index in [-0.39, 0.29) is 6.03 Å². The second-order valence-corrected chi connectivity index (χ2v) is 8.51. The van der Waals surface area contributed by atoms with E-state index in [2.05, 4.69) is 49.2 Å². The van der Waals surface area contributed by atoms with Gasteiger partial charge in [0.2, 0.25) is 0 Å². The lowest BCUT2D eigenvalue weighted by molar-refractivity contribution is 0.121. The standard InChI is InChI=1S/C21H33N3O2/c1-21(2,3)18-8-10-24(11-9-18)20(25)22-16-17-6-4-5-7-19(17)23-12-14-26-15-13-23/h4-7,18H,8-16H2,1-3H3,(H,22,25). The number of hydrogen-bond donors (Lipinski definition) is 1. The molecule has 2 amide bonds. The second kappa shape index (κ2) is 8.30. The summed E-state index contributed by atoms with van der Waals surface area (Å²) >= 11 is 0. The zero-order valence-corrected chi connectivity index (χ0v) is 16.5. The Morgan fingerprint density at radius 2 is 1.77 bits per heavy atom. The van der Waals surface area contributed by atoms with Gasteiger partial charge in [-0.2, -0.15) is 0 Å². The lowest BCUT2D eigenvalue weighted by atomic mass is 9.75. The molecule has 5 nitrogen and oxygen atoms in total. The van der Waals surface area contributed by atoms with Crippen LogP contribution in [0.25, 0.3) is 0 Å². The van der Waals surface area contributed by atoms with Gasteiger partial charge in [-0.3, -0.25) is 0 Å². The van der Waals surface area contributed by atoms with Crippen molar-refractivity contribution < 1.29 is 9.53 Å². The highest BCUT2D eigenvalue weighted by Crippen LogP contribution is 2.34. The molecule has 0 radical (unpaired) electrons. The van der Waals surface area contributed by atoms with Crippen molar-refractivity contribution in [1.29, 1.82) is 0 Å². The molecule has 3 rings (SSSR count). The molecule has 0 spiro atoms. The van der Waals surface area contributed by atoms with E-state index >= 15 is 0 Å². The van der Waals surface area contributed by atoms with Crippen LogP contribution >= 0.6 is 0 Å². The summed E-state index contributed by atoms with van der Waals surface area (Å²) in [6.45, 7) is 12.6. The first-order valence-corrected chi connectivity index (χ1v) is 9.88. The summed E-state index contributed by atoms with van der Waals surface area (Å²) in [5.74, 6) is 0.702. The van der Waals surface area contributed by atoms with Gasteiger partial charge in [0, 0.05) is 38.4 Å². The van der Waals surface area contributed by atoms with Gasteiger partial charge in [-0.25, -0.2) is 4.79 Å². The minimum Gasteiger partial charge on any atom is -0.378 e. The summed E-state index contributed by atoms with van der Waals surface area (Å²) in [5, 5.41) is 3.13. The zero-order chi connectivity index (χ0) is 18.6. The van der Waals surface area contributed by atoms with Crippen molar-refractivity contribution in [3.63, 3.8) is 0 Å². The van der Waals surface area contributed by atoms with E-state index in [1.165, 1.54) is 11.3 Å². The van der Waals surface area contributed by atoms with Gasteiger partial charge >= 0.3 is 6.03 Å². The fraction of sp³-hybridized carbons (Fsp3) is 0.667. The molecule has 1 aromatic rings. The molecule has 2 aliphatic rings. The minimum absolute atomic E-state index is 0.0640. The van der Waals surface area contributed by atoms with Crippen LogP contribution in [0.5, 0.6) is 0 Å². The molecule has 2 fully saturated rings. The van der Waals surface area contributed by atoms with E-state index in [9.17, 15) is 4.79 Å². The van der Waals surface area contributed by atoms with Crippen LogP contribution in [0.15, 0.2) is 24.3 Å². The molecule has 0 bridgehead atoms. The van der Waals surface area contributed by atoms with Gasteiger partial charge in [0.15, 0.2) is 0 Å². The summed E-state index contributed by atoms with van der Waals surface area (Å²) < 4.78 is 5.45. The van der Waals surface area contributed by atoms with E-state index in [1.54, 1.807) is 0 Å². The molecule has 1 aromatic carbocycles. The molecule has 2 saturated heterocycles. The van der Waals surface area contributed by atoms with Crippen LogP contribution in [-0.2, 0) is 11.3 Å². The Morgan fingerprint density at radius 1 is 1.12 bits per heavy atom. The van der Waals surface area contributed by atoms with Crippen molar-refractivity contribution in [1.82, 2.24) is 10.2 Å². The summed E-state index contributed by atoms with van der Waals surface area (Å²) in [6, 6.07) is 8.42.